The van der Waals surface area contributed by atoms with Crippen LogP contribution in [0, 0.1) is 0 Å². The van der Waals surface area contributed by atoms with Crippen LogP contribution in [0.15, 0.2) is 47.2 Å². The number of nitrogens with zero attached hydrogens (tertiary/aromatic N) is 6. The maximum absolute atomic E-state index is 10.4. The van der Waals surface area contributed by atoms with Crippen LogP contribution < -0.4 is 16.0 Å². The number of hydrogen-bond acceptors (Lipinski definition) is 12. The fourth-order valence-corrected chi connectivity index (χ4v) is 5.65. The number of benzene rings is 1. The van der Waals surface area contributed by atoms with E-state index >= 15 is 0 Å². The van der Waals surface area contributed by atoms with Crippen molar-refractivity contribution in [2.24, 2.45) is 0 Å². The Morgan fingerprint density at radius 1 is 1.17 bits per heavy atom. The van der Waals surface area contributed by atoms with Crippen LogP contribution in [0.2, 0.25) is 0 Å². The molecule has 4 N–H and O–H groups in total. The number of morpholine rings is 1. The molecule has 1 aliphatic rings. The second-order valence-corrected chi connectivity index (χ2v) is 12.2. The molecule has 5 aromatic rings. The van der Waals surface area contributed by atoms with E-state index in [0.717, 1.165) is 70.9 Å². The van der Waals surface area contributed by atoms with E-state index in [-0.39, 0.29) is 5.41 Å². The topological polar surface area (TPSA) is 138 Å². The molecule has 0 amide bonds. The van der Waals surface area contributed by atoms with Crippen molar-refractivity contribution in [1.29, 1.82) is 0 Å². The van der Waals surface area contributed by atoms with Crippen molar-refractivity contribution in [3.05, 3.63) is 48.5 Å². The van der Waals surface area contributed by atoms with E-state index in [1.165, 1.54) is 11.3 Å². The van der Waals surface area contributed by atoms with E-state index in [2.05, 4.69) is 37.9 Å². The maximum atomic E-state index is 10.4. The monoisotopic (exact) mass is 577 g/mol. The van der Waals surface area contributed by atoms with Gasteiger partial charge in [0.1, 0.15) is 16.1 Å². The normalized spacial score (nSPS) is 17.2. The van der Waals surface area contributed by atoms with Crippen LogP contribution in [0.3, 0.4) is 0 Å². The first-order valence-electron chi connectivity index (χ1n) is 13.7. The molecule has 1 saturated heterocycles. The predicted octanol–water partition coefficient (Wildman–Crippen LogP) is 4.22. The summed E-state index contributed by atoms with van der Waals surface area (Å²) in [6.07, 6.45) is 2.81. The first-order chi connectivity index (χ1) is 19.7. The SMILES string of the molecule is C[C@@H]1COCCN1CCNc1ncc2c(n1)sc1nc(-c3ccc(NC(O)Nc4cc(C(C)(C)C)on4)cc3)cn12. The number of anilines is 3. The summed E-state index contributed by atoms with van der Waals surface area (Å²) < 4.78 is 12.9. The van der Waals surface area contributed by atoms with Gasteiger partial charge in [0.05, 0.1) is 25.1 Å². The van der Waals surface area contributed by atoms with Gasteiger partial charge < -0.3 is 30.3 Å². The van der Waals surface area contributed by atoms with Crippen molar-refractivity contribution < 1.29 is 14.4 Å². The van der Waals surface area contributed by atoms with E-state index < -0.39 is 6.35 Å². The number of aliphatic hydroxyl groups excluding tert-OH is 1. The molecule has 0 radical (unpaired) electrons. The molecule has 6 rings (SSSR count). The Morgan fingerprint density at radius 2 is 2.00 bits per heavy atom. The Kier molecular flexibility index (Phi) is 7.51. The summed E-state index contributed by atoms with van der Waals surface area (Å²) in [5.41, 5.74) is 3.32. The summed E-state index contributed by atoms with van der Waals surface area (Å²) in [7, 11) is 0. The Hall–Kier alpha value is -3.78. The summed E-state index contributed by atoms with van der Waals surface area (Å²) in [5.74, 6) is 1.83. The molecule has 0 saturated carbocycles. The van der Waals surface area contributed by atoms with Crippen molar-refractivity contribution in [1.82, 2.24) is 29.4 Å². The molecular weight excluding hydrogens is 542 g/mol. The largest absolute Gasteiger partial charge is 0.379 e. The van der Waals surface area contributed by atoms with Crippen molar-refractivity contribution in [3.63, 3.8) is 0 Å². The summed E-state index contributed by atoms with van der Waals surface area (Å²) in [6.45, 7) is 12.5. The third-order valence-electron chi connectivity index (χ3n) is 7.06. The summed E-state index contributed by atoms with van der Waals surface area (Å²) in [5, 5.41) is 23.7. The Bertz CT molecular complexity index is 1620. The molecule has 216 valence electrons. The van der Waals surface area contributed by atoms with Gasteiger partial charge >= 0.3 is 0 Å². The highest BCUT2D eigenvalue weighted by molar-refractivity contribution is 7.23. The lowest BCUT2D eigenvalue weighted by molar-refractivity contribution is 0.00180. The van der Waals surface area contributed by atoms with Gasteiger partial charge in [-0.1, -0.05) is 49.4 Å². The third kappa shape index (κ3) is 6.12. The minimum atomic E-state index is -1.04. The quantitative estimate of drug-likeness (QED) is 0.187. The standard InChI is InChI=1S/C28H35N9O3S/c1-17-16-39-12-11-36(17)10-9-29-25-30-14-21-24(34-25)41-27-32-20(15-37(21)27)18-5-7-19(8-6-18)31-26(38)33-23-13-22(40-35-23)28(2,3)4/h5-8,13-15,17,26,31,38H,9-12,16H2,1-4H3,(H,33,35)(H,29,30,34)/t17-,26?/m1/s1. The molecule has 5 heterocycles. The van der Waals surface area contributed by atoms with Crippen LogP contribution in [0.4, 0.5) is 17.5 Å². The molecule has 1 unspecified atom stereocenters. The molecule has 4 aromatic heterocycles. The number of ether oxygens (including phenoxy) is 1. The highest BCUT2D eigenvalue weighted by Crippen LogP contribution is 2.29. The number of aliphatic hydroxyl groups is 1. The number of fused-ring (bicyclic) bond motifs is 3. The smallest absolute Gasteiger partial charge is 0.224 e. The van der Waals surface area contributed by atoms with Crippen LogP contribution >= 0.6 is 11.3 Å². The third-order valence-corrected chi connectivity index (χ3v) is 8.03. The molecule has 0 spiro atoms. The lowest BCUT2D eigenvalue weighted by Gasteiger charge is -2.33. The molecule has 0 aliphatic carbocycles. The van der Waals surface area contributed by atoms with Crippen LogP contribution in [0.5, 0.6) is 0 Å². The van der Waals surface area contributed by atoms with E-state index in [1.807, 2.05) is 61.8 Å². The second-order valence-electron chi connectivity index (χ2n) is 11.2. The predicted molar refractivity (Wildman–Crippen MR) is 160 cm³/mol. The number of imidazole rings is 1. The van der Waals surface area contributed by atoms with Crippen molar-refractivity contribution in [2.45, 2.75) is 45.5 Å². The van der Waals surface area contributed by atoms with Crippen molar-refractivity contribution in [3.8, 4) is 11.3 Å². The lowest BCUT2D eigenvalue weighted by atomic mass is 9.93. The number of aromatic nitrogens is 5. The number of hydrogen-bond donors (Lipinski definition) is 4. The number of rotatable bonds is 9. The van der Waals surface area contributed by atoms with Crippen LogP contribution in [-0.4, -0.2) is 79.8 Å². The van der Waals surface area contributed by atoms with Crippen molar-refractivity contribution in [2.75, 3.05) is 48.8 Å². The van der Waals surface area contributed by atoms with Gasteiger partial charge in [-0.3, -0.25) is 9.30 Å². The fourth-order valence-electron chi connectivity index (χ4n) is 4.69. The average Bonchev–Trinajstić information content (AvgIpc) is 3.65. The van der Waals surface area contributed by atoms with Gasteiger partial charge in [-0.25, -0.2) is 15.0 Å². The second kappa shape index (κ2) is 11.2. The Balaban J connectivity index is 1.07. The summed E-state index contributed by atoms with van der Waals surface area (Å²) in [4.78, 5) is 18.2. The van der Waals surface area contributed by atoms with Gasteiger partial charge in [0, 0.05) is 54.6 Å². The fraction of sp³-hybridized carbons (Fsp3) is 0.429. The van der Waals surface area contributed by atoms with E-state index in [4.69, 9.17) is 19.2 Å². The zero-order valence-corrected chi connectivity index (χ0v) is 24.4. The number of thiazole rings is 1. The average molecular weight is 578 g/mol. The van der Waals surface area contributed by atoms with Gasteiger partial charge in [-0.15, -0.1) is 0 Å². The maximum Gasteiger partial charge on any atom is 0.224 e. The van der Waals surface area contributed by atoms with Gasteiger partial charge in [-0.05, 0) is 19.1 Å². The van der Waals surface area contributed by atoms with Crippen LogP contribution in [0.25, 0.3) is 26.6 Å². The molecule has 2 atom stereocenters. The molecule has 41 heavy (non-hydrogen) atoms. The van der Waals surface area contributed by atoms with Crippen molar-refractivity contribution >= 4 is 44.1 Å². The summed E-state index contributed by atoms with van der Waals surface area (Å²) in [6, 6.07) is 9.94. The minimum absolute atomic E-state index is 0.162. The zero-order chi connectivity index (χ0) is 28.6. The molecule has 13 heteroatoms. The van der Waals surface area contributed by atoms with Crippen LogP contribution in [0.1, 0.15) is 33.5 Å². The van der Waals surface area contributed by atoms with Gasteiger partial charge in [0.25, 0.3) is 0 Å². The Labute approximate surface area is 241 Å². The van der Waals surface area contributed by atoms with Gasteiger partial charge in [-0.2, -0.15) is 0 Å². The zero-order valence-electron chi connectivity index (χ0n) is 23.6. The molecule has 1 fully saturated rings. The van der Waals surface area contributed by atoms with E-state index in [0.29, 0.717) is 17.8 Å². The van der Waals surface area contributed by atoms with E-state index in [1.54, 1.807) is 6.07 Å². The molecule has 1 aromatic carbocycles. The van der Waals surface area contributed by atoms with E-state index in [9.17, 15) is 5.11 Å². The molecule has 0 bridgehead atoms. The molecule has 12 nitrogen and oxygen atoms in total. The van der Waals surface area contributed by atoms with Gasteiger partial charge in [0.2, 0.25) is 12.3 Å². The first kappa shape index (κ1) is 27.4. The number of nitrogens with one attached hydrogen (secondary N) is 3. The summed E-state index contributed by atoms with van der Waals surface area (Å²) >= 11 is 1.54. The first-order valence-corrected chi connectivity index (χ1v) is 14.5. The molecule has 1 aliphatic heterocycles. The van der Waals surface area contributed by atoms with Crippen LogP contribution in [-0.2, 0) is 10.2 Å². The highest BCUT2D eigenvalue weighted by atomic mass is 32.1. The van der Waals surface area contributed by atoms with Gasteiger partial charge in [0.15, 0.2) is 10.8 Å². The molecular formula is C28H35N9O3S. The Morgan fingerprint density at radius 3 is 2.76 bits per heavy atom. The minimum Gasteiger partial charge on any atom is -0.379 e. The highest BCUT2D eigenvalue weighted by Gasteiger charge is 2.21. The lowest BCUT2D eigenvalue weighted by Crippen LogP contribution is -2.45.